The first kappa shape index (κ1) is 11.7. The normalized spacial score (nSPS) is 10.3. The Labute approximate surface area is 90.3 Å². The lowest BCUT2D eigenvalue weighted by Gasteiger charge is -2.17. The van der Waals surface area contributed by atoms with Crippen LogP contribution in [0.25, 0.3) is 0 Å². The minimum absolute atomic E-state index is 0.387. The Bertz CT molecular complexity index is 316. The highest BCUT2D eigenvalue weighted by atomic mass is 16.5. The lowest BCUT2D eigenvalue weighted by Crippen LogP contribution is -2.20. The van der Waals surface area contributed by atoms with Crippen molar-refractivity contribution in [3.05, 3.63) is 11.9 Å². The van der Waals surface area contributed by atoms with Crippen LogP contribution in [0.1, 0.15) is 19.2 Å². The number of nitrogen functional groups attached to an aromatic ring is 1. The number of rotatable bonds is 5. The molecule has 1 aromatic heterocycles. The zero-order valence-electron chi connectivity index (χ0n) is 9.53. The van der Waals surface area contributed by atoms with Crippen LogP contribution < -0.4 is 10.6 Å². The molecule has 0 aliphatic carbocycles. The van der Waals surface area contributed by atoms with E-state index in [0.29, 0.717) is 18.2 Å². The fourth-order valence-electron chi connectivity index (χ4n) is 1.34. The molecule has 1 heterocycles. The lowest BCUT2D eigenvalue weighted by atomic mass is 10.4. The molecule has 5 nitrogen and oxygen atoms in total. The monoisotopic (exact) mass is 210 g/mol. The van der Waals surface area contributed by atoms with Gasteiger partial charge in [-0.2, -0.15) is 0 Å². The molecule has 2 N–H and O–H groups in total. The minimum atomic E-state index is 0.387. The number of methoxy groups -OCH3 is 1. The van der Waals surface area contributed by atoms with Crippen LogP contribution in [0.15, 0.2) is 6.07 Å². The molecule has 0 spiro atoms. The van der Waals surface area contributed by atoms with Crippen LogP contribution in [0.4, 0.5) is 11.6 Å². The summed E-state index contributed by atoms with van der Waals surface area (Å²) in [6.45, 7) is 3.46. The van der Waals surface area contributed by atoms with Crippen LogP contribution >= 0.6 is 0 Å². The standard InChI is InChI=1S/C10H18N4O/c1-4-5-14(2)10-6-8(11)12-9(13-10)7-15-3/h6H,4-5,7H2,1-3H3,(H2,11,12,13). The maximum absolute atomic E-state index is 5.69. The molecule has 0 aliphatic rings. The molecule has 0 saturated heterocycles. The van der Waals surface area contributed by atoms with Crippen molar-refractivity contribution in [2.45, 2.75) is 20.0 Å². The second-order valence-electron chi connectivity index (χ2n) is 3.42. The third-order valence-electron chi connectivity index (χ3n) is 2.00. The SMILES string of the molecule is CCCN(C)c1cc(N)nc(COC)n1. The first-order chi connectivity index (χ1) is 7.17. The maximum atomic E-state index is 5.69. The van der Waals surface area contributed by atoms with Gasteiger partial charge in [0.1, 0.15) is 18.2 Å². The fourth-order valence-corrected chi connectivity index (χ4v) is 1.34. The van der Waals surface area contributed by atoms with Crippen molar-refractivity contribution in [2.24, 2.45) is 0 Å². The second-order valence-corrected chi connectivity index (χ2v) is 3.42. The van der Waals surface area contributed by atoms with Gasteiger partial charge in [0, 0.05) is 26.8 Å². The summed E-state index contributed by atoms with van der Waals surface area (Å²) in [6, 6.07) is 1.77. The molecule has 0 aliphatic heterocycles. The fraction of sp³-hybridized carbons (Fsp3) is 0.600. The molecule has 0 unspecified atom stereocenters. The Hall–Kier alpha value is -1.36. The zero-order chi connectivity index (χ0) is 11.3. The van der Waals surface area contributed by atoms with Crippen LogP contribution in [-0.2, 0) is 11.3 Å². The first-order valence-corrected chi connectivity index (χ1v) is 5.01. The van der Waals surface area contributed by atoms with Gasteiger partial charge in [-0.1, -0.05) is 6.92 Å². The smallest absolute Gasteiger partial charge is 0.158 e. The van der Waals surface area contributed by atoms with E-state index in [4.69, 9.17) is 10.5 Å². The van der Waals surface area contributed by atoms with Crippen LogP contribution in [0.2, 0.25) is 0 Å². The topological polar surface area (TPSA) is 64.3 Å². The molecule has 15 heavy (non-hydrogen) atoms. The van der Waals surface area contributed by atoms with Gasteiger partial charge in [0.15, 0.2) is 5.82 Å². The molecule has 0 bridgehead atoms. The molecule has 0 radical (unpaired) electrons. The second kappa shape index (κ2) is 5.50. The van der Waals surface area contributed by atoms with Crippen molar-refractivity contribution in [1.82, 2.24) is 9.97 Å². The van der Waals surface area contributed by atoms with Crippen molar-refractivity contribution >= 4 is 11.6 Å². The number of ether oxygens (including phenoxy) is 1. The predicted octanol–water partition coefficient (Wildman–Crippen LogP) is 1.05. The highest BCUT2D eigenvalue weighted by Gasteiger charge is 2.05. The van der Waals surface area contributed by atoms with Crippen LogP contribution in [0, 0.1) is 0 Å². The minimum Gasteiger partial charge on any atom is -0.384 e. The van der Waals surface area contributed by atoms with Gasteiger partial charge in [0.05, 0.1) is 0 Å². The Morgan fingerprint density at radius 3 is 2.80 bits per heavy atom. The molecule has 0 amide bonds. The van der Waals surface area contributed by atoms with Gasteiger partial charge in [-0.05, 0) is 6.42 Å². The molecule has 0 atom stereocenters. The maximum Gasteiger partial charge on any atom is 0.158 e. The number of aromatic nitrogens is 2. The summed E-state index contributed by atoms with van der Waals surface area (Å²) in [4.78, 5) is 10.5. The van der Waals surface area contributed by atoms with Gasteiger partial charge in [-0.15, -0.1) is 0 Å². The Morgan fingerprint density at radius 2 is 2.20 bits per heavy atom. The van der Waals surface area contributed by atoms with Gasteiger partial charge >= 0.3 is 0 Å². The molecular formula is C10H18N4O. The quantitative estimate of drug-likeness (QED) is 0.787. The molecule has 1 aromatic rings. The van der Waals surface area contributed by atoms with Gasteiger partial charge in [-0.25, -0.2) is 9.97 Å². The van der Waals surface area contributed by atoms with Crippen molar-refractivity contribution in [1.29, 1.82) is 0 Å². The highest BCUT2D eigenvalue weighted by Crippen LogP contribution is 2.13. The number of hydrogen-bond acceptors (Lipinski definition) is 5. The van der Waals surface area contributed by atoms with E-state index in [0.717, 1.165) is 18.8 Å². The lowest BCUT2D eigenvalue weighted by molar-refractivity contribution is 0.178. The summed E-state index contributed by atoms with van der Waals surface area (Å²) in [7, 11) is 3.60. The summed E-state index contributed by atoms with van der Waals surface area (Å²) in [6.07, 6.45) is 1.07. The first-order valence-electron chi connectivity index (χ1n) is 5.01. The third kappa shape index (κ3) is 3.36. The molecule has 84 valence electrons. The molecule has 1 rings (SSSR count). The van der Waals surface area contributed by atoms with Crippen molar-refractivity contribution < 1.29 is 4.74 Å². The summed E-state index contributed by atoms with van der Waals surface area (Å²) in [5.41, 5.74) is 5.69. The van der Waals surface area contributed by atoms with Gasteiger partial charge in [0.25, 0.3) is 0 Å². The van der Waals surface area contributed by atoms with Crippen LogP contribution in [-0.4, -0.2) is 30.7 Å². The zero-order valence-corrected chi connectivity index (χ0v) is 9.53. The van der Waals surface area contributed by atoms with Gasteiger partial charge < -0.3 is 15.4 Å². The van der Waals surface area contributed by atoms with E-state index in [1.165, 1.54) is 0 Å². The number of anilines is 2. The molecule has 0 aromatic carbocycles. The average Bonchev–Trinajstić information content (AvgIpc) is 2.17. The van der Waals surface area contributed by atoms with E-state index in [1.807, 2.05) is 7.05 Å². The van der Waals surface area contributed by atoms with E-state index < -0.39 is 0 Å². The van der Waals surface area contributed by atoms with Crippen molar-refractivity contribution in [2.75, 3.05) is 31.3 Å². The van der Waals surface area contributed by atoms with Crippen molar-refractivity contribution in [3.63, 3.8) is 0 Å². The van der Waals surface area contributed by atoms with E-state index in [1.54, 1.807) is 13.2 Å². The highest BCUT2D eigenvalue weighted by molar-refractivity contribution is 5.46. The Morgan fingerprint density at radius 1 is 1.47 bits per heavy atom. The Balaban J connectivity index is 2.87. The average molecular weight is 210 g/mol. The molecule has 0 saturated carbocycles. The van der Waals surface area contributed by atoms with E-state index in [-0.39, 0.29) is 0 Å². The summed E-state index contributed by atoms with van der Waals surface area (Å²) in [5.74, 6) is 1.95. The van der Waals surface area contributed by atoms with E-state index in [2.05, 4.69) is 21.8 Å². The van der Waals surface area contributed by atoms with Crippen LogP contribution in [0.3, 0.4) is 0 Å². The van der Waals surface area contributed by atoms with Gasteiger partial charge in [0.2, 0.25) is 0 Å². The van der Waals surface area contributed by atoms with E-state index in [9.17, 15) is 0 Å². The number of nitrogens with two attached hydrogens (primary N) is 1. The van der Waals surface area contributed by atoms with Gasteiger partial charge in [-0.3, -0.25) is 0 Å². The Kier molecular flexibility index (Phi) is 4.30. The third-order valence-corrected chi connectivity index (χ3v) is 2.00. The summed E-state index contributed by atoms with van der Waals surface area (Å²) in [5, 5.41) is 0. The van der Waals surface area contributed by atoms with E-state index >= 15 is 0 Å². The van der Waals surface area contributed by atoms with Crippen LogP contribution in [0.5, 0.6) is 0 Å². The molecule has 5 heteroatoms. The number of nitrogens with zero attached hydrogens (tertiary/aromatic N) is 3. The number of hydrogen-bond donors (Lipinski definition) is 1. The predicted molar refractivity (Wildman–Crippen MR) is 60.7 cm³/mol. The van der Waals surface area contributed by atoms with Crippen molar-refractivity contribution in [3.8, 4) is 0 Å². The summed E-state index contributed by atoms with van der Waals surface area (Å²) < 4.78 is 4.98. The molecular weight excluding hydrogens is 192 g/mol. The summed E-state index contributed by atoms with van der Waals surface area (Å²) >= 11 is 0. The largest absolute Gasteiger partial charge is 0.384 e. The molecule has 0 fully saturated rings.